The third-order valence-corrected chi connectivity index (χ3v) is 151. The standard InChI is InChI=1S/C2H8O18Si19/c1-39(2,37(19)35(17)33(15)31(13)29(11)27(9)25(7)23(5)21-3)38(20)36(18)34(16)32(14)30(12)28(10)26(8)24(6)22-4/h21-22H,1-2H3. The van der Waals surface area contributed by atoms with E-state index in [0.717, 1.165) is 13.1 Å². The summed E-state index contributed by atoms with van der Waals surface area (Å²) in [5.41, 5.74) is 0. The Labute approximate surface area is 240 Å². The van der Waals surface area contributed by atoms with Gasteiger partial charge in [-0.3, -0.25) is 0 Å². The third-order valence-electron chi connectivity index (χ3n) is 4.27. The fraction of sp³-hybridized carbons (Fsp3) is 1.00. The predicted molar refractivity (Wildman–Crippen MR) is 136 cm³/mol. The van der Waals surface area contributed by atoms with Crippen LogP contribution in [0.2, 0.25) is 13.1 Å². The van der Waals surface area contributed by atoms with E-state index in [-0.39, 0.29) is 0 Å². The fourth-order valence-electron chi connectivity index (χ4n) is 2.03. The van der Waals surface area contributed by atoms with Crippen LogP contribution in [0, 0.1) is 0 Å². The molecule has 0 aromatic rings. The van der Waals surface area contributed by atoms with Crippen molar-refractivity contribution in [1.82, 2.24) is 0 Å². The van der Waals surface area contributed by atoms with Crippen molar-refractivity contribution in [3.8, 4) is 0 Å². The molecule has 0 amide bonds. The molecule has 0 aliphatic rings. The molecule has 0 N–H and O–H groups in total. The zero-order valence-corrected chi connectivity index (χ0v) is 38.3. The van der Waals surface area contributed by atoms with Gasteiger partial charge in [0.05, 0.1) is 0 Å². The van der Waals surface area contributed by atoms with Crippen LogP contribution in [0.1, 0.15) is 0 Å². The topological polar surface area (TPSA) is 307 Å². The van der Waals surface area contributed by atoms with Crippen LogP contribution in [-0.4, -0.2) is 148 Å². The SMILES string of the molecule is C[Si](C)([Si](=O)[Si](=O)[Si](=O)[Si](=O)[Si](=O)[Si](=O)[Si](=O)[Si](=O)[SiH]=O)[Si](=O)[Si](=O)[Si](=O)[Si](=O)[Si](=O)[Si](=O)[Si](=O)[Si](=O)[SiH]=O. The van der Waals surface area contributed by atoms with Crippen LogP contribution in [0.3, 0.4) is 0 Å². The molecule has 0 rings (SSSR count). The van der Waals surface area contributed by atoms with Gasteiger partial charge in [-0.25, -0.2) is 0 Å². The minimum absolute atomic E-state index is 0.945. The Bertz CT molecular complexity index is 1330. The maximum Gasteiger partial charge on any atom is 0.381 e. The molecule has 0 spiro atoms. The van der Waals surface area contributed by atoms with Gasteiger partial charge in [-0.2, -0.15) is 0 Å². The molecule has 0 unspecified atom stereocenters. The molecule has 0 aliphatic heterocycles. The highest BCUT2D eigenvalue weighted by Gasteiger charge is 2.58. The van der Waals surface area contributed by atoms with Crippen molar-refractivity contribution in [3.63, 3.8) is 0 Å². The first kappa shape index (κ1) is 39.5. The van der Waals surface area contributed by atoms with E-state index in [0.29, 0.717) is 0 Å². The van der Waals surface area contributed by atoms with Crippen molar-refractivity contribution in [2.24, 2.45) is 0 Å². The molecule has 0 aromatic heterocycles. The van der Waals surface area contributed by atoms with Gasteiger partial charge in [-0.15, -0.1) is 0 Å². The lowest BCUT2D eigenvalue weighted by Crippen LogP contribution is -2.64. The lowest BCUT2D eigenvalue weighted by atomic mass is 11.9. The maximum absolute atomic E-state index is 12.9. The Morgan fingerprint density at radius 3 is 0.718 bits per heavy atom. The van der Waals surface area contributed by atoms with Gasteiger partial charge in [0, 0.05) is 0 Å². The van der Waals surface area contributed by atoms with Gasteiger partial charge >= 0.3 is 141 Å². The molecule has 0 heterocycles. The Balaban J connectivity index is 5.86. The first-order valence-electron chi connectivity index (χ1n) is 9.31. The second-order valence-corrected chi connectivity index (χ2v) is 101. The Morgan fingerprint density at radius 1 is 0.333 bits per heavy atom. The summed E-state index contributed by atoms with van der Waals surface area (Å²) in [6.07, 6.45) is 0. The van der Waals surface area contributed by atoms with Crippen LogP contribution in [0.25, 0.3) is 0 Å². The zero-order chi connectivity index (χ0) is 31.2. The van der Waals surface area contributed by atoms with E-state index in [1.807, 2.05) is 0 Å². The summed E-state index contributed by atoms with van der Waals surface area (Å²) >= 11 is 0. The molecule has 18 nitrogen and oxygen atoms in total. The van der Waals surface area contributed by atoms with Crippen molar-refractivity contribution in [1.29, 1.82) is 0 Å². The first-order valence-corrected chi connectivity index (χ1v) is 55.4. The summed E-state index contributed by atoms with van der Waals surface area (Å²) in [6.45, 7) is 1.89. The summed E-state index contributed by atoms with van der Waals surface area (Å²) in [6, 6.07) is 0. The molecule has 0 atom stereocenters. The fourth-order valence-corrected chi connectivity index (χ4v) is 214. The molecule has 37 heteroatoms. The Kier molecular flexibility index (Phi) is 17.2. The van der Waals surface area contributed by atoms with Gasteiger partial charge in [0.1, 0.15) is 0 Å². The largest absolute Gasteiger partial charge is 0.389 e. The highest BCUT2D eigenvalue weighted by molar-refractivity contribution is 7.86. The van der Waals surface area contributed by atoms with E-state index in [2.05, 4.69) is 0 Å². The lowest BCUT2D eigenvalue weighted by molar-refractivity contribution is 0.535. The Hall–Kier alpha value is 0.521. The molecule has 0 aromatic carbocycles. The monoisotopic (exact) mass is 852 g/mol. The van der Waals surface area contributed by atoms with E-state index >= 15 is 0 Å². The molecule has 0 radical (unpaired) electrons. The van der Waals surface area contributed by atoms with Gasteiger partial charge in [-0.05, 0) is 0 Å². The van der Waals surface area contributed by atoms with Gasteiger partial charge in [0.25, 0.3) is 0 Å². The van der Waals surface area contributed by atoms with Crippen molar-refractivity contribution in [2.75, 3.05) is 0 Å². The van der Waals surface area contributed by atoms with Crippen LogP contribution < -0.4 is 0 Å². The van der Waals surface area contributed by atoms with Crippen LogP contribution in [-0.2, 0) is 80.3 Å². The zero-order valence-electron chi connectivity index (χ0n) is 19.0. The van der Waals surface area contributed by atoms with Crippen molar-refractivity contribution in [2.45, 2.75) is 13.1 Å². The molecule has 0 saturated heterocycles. The first-order chi connectivity index (χ1) is 17.7. The molecule has 0 bridgehead atoms. The molecular formula is C2H8O18Si19. The molecule has 0 aliphatic carbocycles. The molecule has 0 fully saturated rings. The Morgan fingerprint density at radius 2 is 0.513 bits per heavy atom. The van der Waals surface area contributed by atoms with E-state index in [4.69, 9.17) is 0 Å². The summed E-state index contributed by atoms with van der Waals surface area (Å²) in [7, 11) is -70.4. The number of hydrogen-bond donors (Lipinski definition) is 0. The van der Waals surface area contributed by atoms with Crippen molar-refractivity contribution < 1.29 is 80.3 Å². The van der Waals surface area contributed by atoms with E-state index in [9.17, 15) is 80.3 Å². The predicted octanol–water partition coefficient (Wildman–Crippen LogP) is -8.74. The van der Waals surface area contributed by atoms with Crippen LogP contribution >= 0.6 is 0 Å². The lowest BCUT2D eigenvalue weighted by Gasteiger charge is -2.12. The average molecular weight is 854 g/mol. The van der Waals surface area contributed by atoms with Gasteiger partial charge in [0.2, 0.25) is 0 Å². The second-order valence-electron chi connectivity index (χ2n) is 7.20. The van der Waals surface area contributed by atoms with Gasteiger partial charge in [0.15, 0.2) is 7.11 Å². The highest BCUT2D eigenvalue weighted by Crippen LogP contribution is 2.04. The summed E-state index contributed by atoms with van der Waals surface area (Å²) in [5.74, 6) is 0. The molecule has 200 valence electrons. The third kappa shape index (κ3) is 9.77. The van der Waals surface area contributed by atoms with Crippen LogP contribution in [0.4, 0.5) is 0 Å². The molecule has 0 saturated carbocycles. The molecular weight excluding hydrogens is 846 g/mol. The summed E-state index contributed by atoms with van der Waals surface area (Å²) in [4.78, 5) is 0. The number of hydrogen-bond acceptors (Lipinski definition) is 18. The molecule has 39 heavy (non-hydrogen) atoms. The van der Waals surface area contributed by atoms with E-state index in [1.165, 1.54) is 0 Å². The van der Waals surface area contributed by atoms with E-state index in [1.54, 1.807) is 0 Å². The van der Waals surface area contributed by atoms with Crippen molar-refractivity contribution in [3.05, 3.63) is 0 Å². The second kappa shape index (κ2) is 17.0. The number of rotatable bonds is 18. The quantitative estimate of drug-likeness (QED) is 0.116. The normalized spacial score (nSPS) is 10.1. The van der Waals surface area contributed by atoms with Crippen LogP contribution in [0.15, 0.2) is 0 Å². The van der Waals surface area contributed by atoms with E-state index < -0.39 is 148 Å². The van der Waals surface area contributed by atoms with Gasteiger partial charge < -0.3 is 80.3 Å². The summed E-state index contributed by atoms with van der Waals surface area (Å²) < 4.78 is 216. The maximum atomic E-state index is 12.9. The van der Waals surface area contributed by atoms with Crippen LogP contribution in [0.5, 0.6) is 0 Å². The minimum Gasteiger partial charge on any atom is -0.389 e. The smallest absolute Gasteiger partial charge is 0.381 e. The van der Waals surface area contributed by atoms with Gasteiger partial charge in [-0.1, -0.05) is 13.1 Å². The summed E-state index contributed by atoms with van der Waals surface area (Å²) in [5, 5.41) is 0. The van der Waals surface area contributed by atoms with Crippen molar-refractivity contribution >= 4 is 148 Å². The highest BCUT2D eigenvalue weighted by atomic mass is 30.1. The average Bonchev–Trinajstić information content (AvgIpc) is 2.94. The minimum atomic E-state index is -4.10.